The zero-order valence-corrected chi connectivity index (χ0v) is 7.39. The van der Waals surface area contributed by atoms with Gasteiger partial charge < -0.3 is 4.74 Å². The van der Waals surface area contributed by atoms with E-state index in [0.29, 0.717) is 6.42 Å². The molecule has 0 spiro atoms. The highest BCUT2D eigenvalue weighted by Crippen LogP contribution is 2.69. The first-order valence-electron chi connectivity index (χ1n) is 4.30. The summed E-state index contributed by atoms with van der Waals surface area (Å²) < 4.78 is 18.4. The van der Waals surface area contributed by atoms with Gasteiger partial charge in [-0.2, -0.15) is 0 Å². The summed E-state index contributed by atoms with van der Waals surface area (Å²) in [6.07, 6.45) is 2.20. The van der Waals surface area contributed by atoms with Gasteiger partial charge in [0, 0.05) is 5.41 Å². The number of alkyl halides is 1. The molecule has 2 aliphatic carbocycles. The van der Waals surface area contributed by atoms with Gasteiger partial charge in [-0.25, -0.2) is 4.39 Å². The standard InChI is InChI=1S/C9H13FO2/c1-8(3-4-8)9(10)5-6(9)7(11)12-2/h6H,3-5H2,1-2H3/t6-,9+/m1/s1. The third kappa shape index (κ3) is 0.822. The second kappa shape index (κ2) is 2.01. The van der Waals surface area contributed by atoms with Crippen LogP contribution < -0.4 is 0 Å². The molecule has 0 saturated heterocycles. The summed E-state index contributed by atoms with van der Waals surface area (Å²) in [5, 5.41) is 0. The van der Waals surface area contributed by atoms with E-state index in [2.05, 4.69) is 4.74 Å². The number of halogens is 1. The number of rotatable bonds is 2. The molecule has 0 aliphatic heterocycles. The molecule has 0 unspecified atom stereocenters. The average molecular weight is 172 g/mol. The van der Waals surface area contributed by atoms with Crippen LogP contribution in [0.25, 0.3) is 0 Å². The van der Waals surface area contributed by atoms with E-state index in [1.165, 1.54) is 7.11 Å². The van der Waals surface area contributed by atoms with Crippen molar-refractivity contribution in [2.24, 2.45) is 11.3 Å². The van der Waals surface area contributed by atoms with E-state index in [0.717, 1.165) is 12.8 Å². The number of ether oxygens (including phenoxy) is 1. The molecule has 2 aliphatic rings. The lowest BCUT2D eigenvalue weighted by Gasteiger charge is -2.13. The first-order valence-corrected chi connectivity index (χ1v) is 4.30. The van der Waals surface area contributed by atoms with Crippen LogP contribution in [0, 0.1) is 11.3 Å². The van der Waals surface area contributed by atoms with Crippen molar-refractivity contribution >= 4 is 5.97 Å². The monoisotopic (exact) mass is 172 g/mol. The lowest BCUT2D eigenvalue weighted by atomic mass is 9.99. The third-order valence-electron chi connectivity index (χ3n) is 3.38. The summed E-state index contributed by atoms with van der Waals surface area (Å²) in [5.41, 5.74) is -1.45. The van der Waals surface area contributed by atoms with Crippen molar-refractivity contribution in [3.63, 3.8) is 0 Å². The first kappa shape index (κ1) is 8.02. The molecule has 2 rings (SSSR count). The van der Waals surface area contributed by atoms with Crippen LogP contribution in [0.2, 0.25) is 0 Å². The van der Waals surface area contributed by atoms with Crippen molar-refractivity contribution in [1.82, 2.24) is 0 Å². The van der Waals surface area contributed by atoms with Gasteiger partial charge in [0.05, 0.1) is 13.0 Å². The Morgan fingerprint density at radius 2 is 2.17 bits per heavy atom. The highest BCUT2D eigenvalue weighted by Gasteiger charge is 2.73. The topological polar surface area (TPSA) is 26.3 Å². The number of carbonyl (C=O) groups is 1. The smallest absolute Gasteiger partial charge is 0.312 e. The van der Waals surface area contributed by atoms with Crippen molar-refractivity contribution in [3.05, 3.63) is 0 Å². The second-order valence-electron chi connectivity index (χ2n) is 4.20. The van der Waals surface area contributed by atoms with E-state index in [1.54, 1.807) is 0 Å². The number of carbonyl (C=O) groups excluding carboxylic acids is 1. The van der Waals surface area contributed by atoms with Crippen molar-refractivity contribution in [1.29, 1.82) is 0 Å². The third-order valence-corrected chi connectivity index (χ3v) is 3.38. The van der Waals surface area contributed by atoms with Crippen LogP contribution in [0.5, 0.6) is 0 Å². The first-order chi connectivity index (χ1) is 5.53. The van der Waals surface area contributed by atoms with Gasteiger partial charge in [0.15, 0.2) is 0 Å². The summed E-state index contributed by atoms with van der Waals surface area (Å²) in [6.45, 7) is 1.91. The van der Waals surface area contributed by atoms with Crippen LogP contribution in [-0.2, 0) is 9.53 Å². The Morgan fingerprint density at radius 3 is 2.58 bits per heavy atom. The molecule has 0 amide bonds. The zero-order valence-electron chi connectivity index (χ0n) is 7.39. The molecule has 0 N–H and O–H groups in total. The lowest BCUT2D eigenvalue weighted by molar-refractivity contribution is -0.143. The Hall–Kier alpha value is -0.600. The maximum Gasteiger partial charge on any atom is 0.312 e. The fourth-order valence-corrected chi connectivity index (χ4v) is 1.92. The minimum absolute atomic E-state index is 0.216. The SMILES string of the molecule is COC(=O)[C@H]1C[C@@]1(F)C1(C)CC1. The molecular weight excluding hydrogens is 159 g/mol. The maximum atomic E-state index is 13.9. The molecule has 2 saturated carbocycles. The number of methoxy groups -OCH3 is 1. The van der Waals surface area contributed by atoms with Crippen LogP contribution in [0.15, 0.2) is 0 Å². The predicted molar refractivity (Wildman–Crippen MR) is 41.3 cm³/mol. The molecule has 0 heterocycles. The normalized spacial score (nSPS) is 42.1. The highest BCUT2D eigenvalue weighted by atomic mass is 19.1. The summed E-state index contributed by atoms with van der Waals surface area (Å²) in [6, 6.07) is 0. The van der Waals surface area contributed by atoms with E-state index in [9.17, 15) is 9.18 Å². The molecule has 2 fully saturated rings. The minimum Gasteiger partial charge on any atom is -0.469 e. The molecule has 12 heavy (non-hydrogen) atoms. The minimum atomic E-state index is -1.24. The van der Waals surface area contributed by atoms with E-state index < -0.39 is 11.6 Å². The van der Waals surface area contributed by atoms with E-state index in [1.807, 2.05) is 6.92 Å². The largest absolute Gasteiger partial charge is 0.469 e. The molecular formula is C9H13FO2. The summed E-state index contributed by atoms with van der Waals surface area (Å²) in [5.74, 6) is -0.861. The molecule has 3 heteroatoms. The van der Waals surface area contributed by atoms with Crippen molar-refractivity contribution < 1.29 is 13.9 Å². The lowest BCUT2D eigenvalue weighted by Crippen LogP contribution is -2.22. The molecule has 2 nitrogen and oxygen atoms in total. The predicted octanol–water partition coefficient (Wildman–Crippen LogP) is 1.69. The Morgan fingerprint density at radius 1 is 1.58 bits per heavy atom. The van der Waals surface area contributed by atoms with Gasteiger partial charge in [0.2, 0.25) is 0 Å². The van der Waals surface area contributed by atoms with Gasteiger partial charge in [-0.1, -0.05) is 6.92 Å². The Labute approximate surface area is 71.1 Å². The maximum absolute atomic E-state index is 13.9. The van der Waals surface area contributed by atoms with Crippen LogP contribution in [0.4, 0.5) is 4.39 Å². The highest BCUT2D eigenvalue weighted by molar-refractivity contribution is 5.78. The molecule has 2 atom stereocenters. The van der Waals surface area contributed by atoms with Crippen LogP contribution in [0.3, 0.4) is 0 Å². The molecule has 0 radical (unpaired) electrons. The molecule has 0 bridgehead atoms. The van der Waals surface area contributed by atoms with Crippen molar-refractivity contribution in [2.45, 2.75) is 31.9 Å². The molecule has 0 aromatic rings. The van der Waals surface area contributed by atoms with E-state index in [-0.39, 0.29) is 11.4 Å². The summed E-state index contributed by atoms with van der Waals surface area (Å²) in [7, 11) is 1.32. The van der Waals surface area contributed by atoms with Gasteiger partial charge >= 0.3 is 5.97 Å². The van der Waals surface area contributed by atoms with Crippen LogP contribution in [-0.4, -0.2) is 18.7 Å². The number of hydrogen-bond acceptors (Lipinski definition) is 2. The van der Waals surface area contributed by atoms with Crippen molar-refractivity contribution in [3.8, 4) is 0 Å². The molecule has 68 valence electrons. The van der Waals surface area contributed by atoms with Gasteiger partial charge in [-0.15, -0.1) is 0 Å². The van der Waals surface area contributed by atoms with Gasteiger partial charge in [-0.3, -0.25) is 4.79 Å². The fraction of sp³-hybridized carbons (Fsp3) is 0.889. The molecule has 0 aromatic carbocycles. The van der Waals surface area contributed by atoms with Crippen LogP contribution >= 0.6 is 0 Å². The summed E-state index contributed by atoms with van der Waals surface area (Å²) in [4.78, 5) is 11.0. The van der Waals surface area contributed by atoms with Crippen LogP contribution in [0.1, 0.15) is 26.2 Å². The Kier molecular flexibility index (Phi) is 1.34. The quantitative estimate of drug-likeness (QED) is 0.592. The average Bonchev–Trinajstić information content (AvgIpc) is 2.89. The van der Waals surface area contributed by atoms with Gasteiger partial charge in [0.25, 0.3) is 0 Å². The van der Waals surface area contributed by atoms with E-state index in [4.69, 9.17) is 0 Å². The molecule has 0 aromatic heterocycles. The fourth-order valence-electron chi connectivity index (χ4n) is 1.92. The van der Waals surface area contributed by atoms with Gasteiger partial charge in [0.1, 0.15) is 5.67 Å². The Bertz CT molecular complexity index is 235. The van der Waals surface area contributed by atoms with Gasteiger partial charge in [-0.05, 0) is 19.3 Å². The van der Waals surface area contributed by atoms with Crippen molar-refractivity contribution in [2.75, 3.05) is 7.11 Å². The zero-order chi connectivity index (χ0) is 8.98. The second-order valence-corrected chi connectivity index (χ2v) is 4.20. The summed E-state index contributed by atoms with van der Waals surface area (Å²) >= 11 is 0. The van der Waals surface area contributed by atoms with E-state index >= 15 is 0 Å². The Balaban J connectivity index is 2.05. The number of esters is 1. The number of hydrogen-bond donors (Lipinski definition) is 0.